The molecule has 0 saturated carbocycles. The molecule has 1 fully saturated rings. The number of sulfone groups is 1. The Bertz CT molecular complexity index is 1040. The number of aryl methyl sites for hydroxylation is 2. The van der Waals surface area contributed by atoms with Crippen molar-refractivity contribution in [2.24, 2.45) is 0 Å². The molecule has 1 saturated heterocycles. The molecule has 0 radical (unpaired) electrons. The van der Waals surface area contributed by atoms with Gasteiger partial charge in [-0.3, -0.25) is 4.79 Å². The molecule has 0 N–H and O–H groups in total. The lowest BCUT2D eigenvalue weighted by molar-refractivity contribution is -0.136. The zero-order chi connectivity index (χ0) is 20.5. The topological polar surface area (TPSA) is 107 Å². The molecule has 2 aromatic rings. The maximum Gasteiger partial charge on any atom is 0.338 e. The highest BCUT2D eigenvalue weighted by Gasteiger charge is 2.34. The number of hydrogen-bond acceptors (Lipinski definition) is 7. The smallest absolute Gasteiger partial charge is 0.338 e. The maximum atomic E-state index is 12.4. The van der Waals surface area contributed by atoms with Crippen molar-refractivity contribution >= 4 is 32.7 Å². The van der Waals surface area contributed by atoms with Crippen LogP contribution < -0.4 is 0 Å². The molecule has 1 aromatic heterocycles. The average molecular weight is 405 g/mol. The number of ether oxygens (including phenoxy) is 1. The van der Waals surface area contributed by atoms with Gasteiger partial charge >= 0.3 is 5.97 Å². The van der Waals surface area contributed by atoms with E-state index in [9.17, 15) is 18.0 Å². The summed E-state index contributed by atoms with van der Waals surface area (Å²) in [5, 5.41) is 0. The van der Waals surface area contributed by atoms with Gasteiger partial charge in [0.25, 0.3) is 5.91 Å². The molecule has 3 rings (SSSR count). The van der Waals surface area contributed by atoms with Crippen LogP contribution in [0.5, 0.6) is 0 Å². The number of hydrogen-bond donors (Lipinski definition) is 0. The molecule has 28 heavy (non-hydrogen) atoms. The minimum absolute atomic E-state index is 0.0390. The second-order valence-electron chi connectivity index (χ2n) is 6.91. The predicted octanol–water partition coefficient (Wildman–Crippen LogP) is 1.44. The Morgan fingerprint density at radius 1 is 1.18 bits per heavy atom. The highest BCUT2D eigenvalue weighted by Crippen LogP contribution is 2.18. The zero-order valence-corrected chi connectivity index (χ0v) is 17.0. The molecule has 0 spiro atoms. The van der Waals surface area contributed by atoms with E-state index in [0.29, 0.717) is 24.0 Å². The van der Waals surface area contributed by atoms with E-state index in [1.807, 2.05) is 13.8 Å². The maximum absolute atomic E-state index is 12.4. The van der Waals surface area contributed by atoms with Crippen molar-refractivity contribution in [2.45, 2.75) is 33.2 Å². The van der Waals surface area contributed by atoms with Gasteiger partial charge in [0.15, 0.2) is 16.4 Å². The lowest BCUT2D eigenvalue weighted by atomic mass is 10.2. The number of carbonyl (C=O) groups is 2. The van der Waals surface area contributed by atoms with E-state index in [4.69, 9.17) is 4.74 Å². The van der Waals surface area contributed by atoms with Crippen molar-refractivity contribution in [2.75, 3.05) is 24.7 Å². The average Bonchev–Trinajstić information content (AvgIpc) is 3.00. The van der Waals surface area contributed by atoms with E-state index in [1.54, 1.807) is 25.1 Å². The highest BCUT2D eigenvalue weighted by atomic mass is 32.2. The number of esters is 1. The fourth-order valence-electron chi connectivity index (χ4n) is 3.31. The molecular formula is C19H23N3O5S. The number of aromatic nitrogens is 2. The normalized spacial score (nSPS) is 18.2. The van der Waals surface area contributed by atoms with Crippen LogP contribution in [0.25, 0.3) is 11.0 Å². The second kappa shape index (κ2) is 7.83. The summed E-state index contributed by atoms with van der Waals surface area (Å²) < 4.78 is 28.5. The minimum Gasteiger partial charge on any atom is -0.452 e. The minimum atomic E-state index is -3.10. The Balaban J connectivity index is 1.66. The monoisotopic (exact) mass is 405 g/mol. The number of rotatable bonds is 5. The van der Waals surface area contributed by atoms with Gasteiger partial charge in [-0.25, -0.2) is 23.2 Å². The number of amides is 1. The Hall–Kier alpha value is -2.55. The number of benzene rings is 1. The van der Waals surface area contributed by atoms with E-state index >= 15 is 0 Å². The molecule has 9 heteroatoms. The van der Waals surface area contributed by atoms with Crippen LogP contribution in [0.1, 0.15) is 35.1 Å². The molecular weight excluding hydrogens is 382 g/mol. The SMILES string of the molecule is CCN(C(=O)COC(=O)c1ccc2nc(C)c(C)nc2c1)[C@H]1CCS(=O)(=O)C1. The molecule has 0 aliphatic carbocycles. The highest BCUT2D eigenvalue weighted by molar-refractivity contribution is 7.91. The fraction of sp³-hybridized carbons (Fsp3) is 0.474. The number of likely N-dealkylation sites (N-methyl/N-ethyl adjacent to an activating group) is 1. The van der Waals surface area contributed by atoms with E-state index in [2.05, 4.69) is 9.97 Å². The van der Waals surface area contributed by atoms with E-state index < -0.39 is 28.3 Å². The Kier molecular flexibility index (Phi) is 5.64. The summed E-state index contributed by atoms with van der Waals surface area (Å²) in [6.45, 7) is 5.41. The van der Waals surface area contributed by atoms with Crippen LogP contribution in [0.15, 0.2) is 18.2 Å². The molecule has 1 aliphatic heterocycles. The van der Waals surface area contributed by atoms with Crippen molar-refractivity contribution in [3.8, 4) is 0 Å². The number of fused-ring (bicyclic) bond motifs is 1. The van der Waals surface area contributed by atoms with Gasteiger partial charge in [0.1, 0.15) is 0 Å². The first-order chi connectivity index (χ1) is 13.2. The molecule has 1 atom stereocenters. The molecule has 1 aliphatic rings. The molecule has 0 bridgehead atoms. The number of carbonyl (C=O) groups excluding carboxylic acids is 2. The van der Waals surface area contributed by atoms with Crippen molar-refractivity contribution in [3.63, 3.8) is 0 Å². The second-order valence-corrected chi connectivity index (χ2v) is 9.14. The summed E-state index contributed by atoms with van der Waals surface area (Å²) in [6.07, 6.45) is 0.415. The summed E-state index contributed by atoms with van der Waals surface area (Å²) >= 11 is 0. The Labute approximate surface area is 163 Å². The summed E-state index contributed by atoms with van der Waals surface area (Å²) in [4.78, 5) is 35.1. The third-order valence-electron chi connectivity index (χ3n) is 4.95. The summed E-state index contributed by atoms with van der Waals surface area (Å²) in [5.74, 6) is -0.990. The first kappa shape index (κ1) is 20.2. The summed E-state index contributed by atoms with van der Waals surface area (Å²) in [7, 11) is -3.10. The van der Waals surface area contributed by atoms with Crippen LogP contribution in [-0.2, 0) is 19.4 Å². The summed E-state index contributed by atoms with van der Waals surface area (Å²) in [6, 6.07) is 4.50. The summed E-state index contributed by atoms with van der Waals surface area (Å²) in [5.41, 5.74) is 3.13. The zero-order valence-electron chi connectivity index (χ0n) is 16.1. The van der Waals surface area contributed by atoms with Crippen LogP contribution >= 0.6 is 0 Å². The van der Waals surface area contributed by atoms with Gasteiger partial charge in [0, 0.05) is 12.6 Å². The van der Waals surface area contributed by atoms with Gasteiger partial charge in [0.05, 0.1) is 39.5 Å². The van der Waals surface area contributed by atoms with Gasteiger partial charge in [-0.1, -0.05) is 0 Å². The van der Waals surface area contributed by atoms with Crippen molar-refractivity contribution in [3.05, 3.63) is 35.2 Å². The molecule has 0 unspecified atom stereocenters. The van der Waals surface area contributed by atoms with Gasteiger partial charge in [0.2, 0.25) is 0 Å². The quantitative estimate of drug-likeness (QED) is 0.693. The van der Waals surface area contributed by atoms with Crippen molar-refractivity contribution < 1.29 is 22.7 Å². The molecule has 2 heterocycles. The lowest BCUT2D eigenvalue weighted by Gasteiger charge is -2.26. The van der Waals surface area contributed by atoms with Crippen molar-refractivity contribution in [1.29, 1.82) is 0 Å². The van der Waals surface area contributed by atoms with Crippen LogP contribution in [0.3, 0.4) is 0 Å². The Morgan fingerprint density at radius 3 is 2.46 bits per heavy atom. The molecule has 8 nitrogen and oxygen atoms in total. The predicted molar refractivity (Wildman–Crippen MR) is 104 cm³/mol. The van der Waals surface area contributed by atoms with E-state index in [0.717, 1.165) is 11.4 Å². The fourth-order valence-corrected chi connectivity index (χ4v) is 5.04. The van der Waals surface area contributed by atoms with Crippen LogP contribution in [0, 0.1) is 13.8 Å². The van der Waals surface area contributed by atoms with Gasteiger partial charge in [-0.2, -0.15) is 0 Å². The van der Waals surface area contributed by atoms with E-state index in [1.165, 1.54) is 4.90 Å². The van der Waals surface area contributed by atoms with Crippen LogP contribution in [-0.4, -0.2) is 65.9 Å². The van der Waals surface area contributed by atoms with Gasteiger partial charge in [-0.15, -0.1) is 0 Å². The first-order valence-corrected chi connectivity index (χ1v) is 10.9. The van der Waals surface area contributed by atoms with E-state index in [-0.39, 0.29) is 23.1 Å². The third kappa shape index (κ3) is 4.30. The largest absolute Gasteiger partial charge is 0.452 e. The van der Waals surface area contributed by atoms with Gasteiger partial charge in [-0.05, 0) is 45.4 Å². The lowest BCUT2D eigenvalue weighted by Crippen LogP contribution is -2.43. The third-order valence-corrected chi connectivity index (χ3v) is 6.70. The number of nitrogens with zero attached hydrogens (tertiary/aromatic N) is 3. The molecule has 150 valence electrons. The molecule has 1 amide bonds. The molecule has 1 aromatic carbocycles. The van der Waals surface area contributed by atoms with Crippen LogP contribution in [0.2, 0.25) is 0 Å². The standard InChI is InChI=1S/C19H23N3O5S/c1-4-22(15-7-8-28(25,26)11-15)18(23)10-27-19(24)14-5-6-16-17(9-14)21-13(3)12(2)20-16/h5-6,9,15H,4,7-8,10-11H2,1-3H3/t15-/m0/s1. The van der Waals surface area contributed by atoms with Crippen LogP contribution in [0.4, 0.5) is 0 Å². The van der Waals surface area contributed by atoms with Gasteiger partial charge < -0.3 is 9.64 Å². The van der Waals surface area contributed by atoms with Crippen molar-refractivity contribution in [1.82, 2.24) is 14.9 Å². The Morgan fingerprint density at radius 2 is 1.86 bits per heavy atom. The first-order valence-electron chi connectivity index (χ1n) is 9.12.